The fourth-order valence-electron chi connectivity index (χ4n) is 4.31. The summed E-state index contributed by atoms with van der Waals surface area (Å²) in [7, 11) is 1.83. The molecule has 5 nitrogen and oxygen atoms in total. The number of amides is 2. The minimum absolute atomic E-state index is 0.0300. The van der Waals surface area contributed by atoms with Crippen molar-refractivity contribution in [3.63, 3.8) is 0 Å². The Balaban J connectivity index is 1.51. The van der Waals surface area contributed by atoms with Gasteiger partial charge in [0, 0.05) is 31.9 Å². The number of carbonyl (C=O) groups excluding carboxylic acids is 1. The van der Waals surface area contributed by atoms with Crippen LogP contribution in [0.15, 0.2) is 16.9 Å². The molecule has 1 aliphatic heterocycles. The lowest BCUT2D eigenvalue weighted by atomic mass is 9.91. The zero-order chi connectivity index (χ0) is 16.0. The van der Waals surface area contributed by atoms with E-state index in [0.717, 1.165) is 50.0 Å². The average Bonchev–Trinajstić information content (AvgIpc) is 3.30. The van der Waals surface area contributed by atoms with Crippen molar-refractivity contribution < 1.29 is 4.79 Å². The van der Waals surface area contributed by atoms with Crippen LogP contribution in [-0.2, 0) is 13.5 Å². The van der Waals surface area contributed by atoms with Crippen molar-refractivity contribution in [2.75, 3.05) is 13.1 Å². The van der Waals surface area contributed by atoms with E-state index < -0.39 is 0 Å². The second kappa shape index (κ2) is 5.39. The van der Waals surface area contributed by atoms with Crippen molar-refractivity contribution >= 4 is 6.03 Å². The van der Waals surface area contributed by atoms with Gasteiger partial charge in [0.05, 0.1) is 6.04 Å². The first kappa shape index (κ1) is 14.8. The highest BCUT2D eigenvalue weighted by molar-refractivity contribution is 5.75. The number of urea groups is 1. The van der Waals surface area contributed by atoms with Gasteiger partial charge in [0.1, 0.15) is 0 Å². The predicted octanol–water partition coefficient (Wildman–Crippen LogP) is 2.35. The van der Waals surface area contributed by atoms with Crippen LogP contribution in [0.2, 0.25) is 0 Å². The summed E-state index contributed by atoms with van der Waals surface area (Å²) in [6.07, 6.45) is 7.86. The maximum absolute atomic E-state index is 12.7. The zero-order valence-electron chi connectivity index (χ0n) is 13.8. The van der Waals surface area contributed by atoms with Crippen molar-refractivity contribution in [2.24, 2.45) is 12.5 Å². The van der Waals surface area contributed by atoms with Crippen LogP contribution in [0, 0.1) is 5.41 Å². The molecule has 0 aromatic carbocycles. The largest absolute Gasteiger partial charge is 0.331 e. The van der Waals surface area contributed by atoms with Crippen molar-refractivity contribution in [3.8, 4) is 0 Å². The van der Waals surface area contributed by atoms with Crippen LogP contribution in [0.4, 0.5) is 4.79 Å². The van der Waals surface area contributed by atoms with E-state index in [9.17, 15) is 9.59 Å². The number of nitrogens with zero attached hydrogens (tertiary/aromatic N) is 2. The van der Waals surface area contributed by atoms with Gasteiger partial charge in [-0.15, -0.1) is 0 Å². The molecule has 4 rings (SSSR count). The molecular formula is C18H25N3O2. The molecule has 1 unspecified atom stereocenters. The van der Waals surface area contributed by atoms with E-state index in [1.165, 1.54) is 19.3 Å². The Bertz CT molecular complexity index is 690. The lowest BCUT2D eigenvalue weighted by Crippen LogP contribution is -2.47. The fourth-order valence-corrected chi connectivity index (χ4v) is 4.31. The number of hydrogen-bond donors (Lipinski definition) is 1. The zero-order valence-corrected chi connectivity index (χ0v) is 13.8. The second-order valence-corrected chi connectivity index (χ2v) is 7.55. The molecule has 2 amide bonds. The van der Waals surface area contributed by atoms with E-state index in [1.807, 2.05) is 18.0 Å². The van der Waals surface area contributed by atoms with Crippen LogP contribution in [0.25, 0.3) is 0 Å². The smallest absolute Gasteiger partial charge is 0.317 e. The summed E-state index contributed by atoms with van der Waals surface area (Å²) >= 11 is 0. The molecule has 3 aliphatic rings. The van der Waals surface area contributed by atoms with Crippen molar-refractivity contribution in [1.29, 1.82) is 0 Å². The minimum Gasteiger partial charge on any atom is -0.331 e. The van der Waals surface area contributed by atoms with Gasteiger partial charge < -0.3 is 14.8 Å². The van der Waals surface area contributed by atoms with Crippen molar-refractivity contribution in [2.45, 2.75) is 51.0 Å². The normalized spacial score (nSPS) is 25.1. The van der Waals surface area contributed by atoms with Crippen LogP contribution in [0.5, 0.6) is 0 Å². The van der Waals surface area contributed by atoms with Crippen LogP contribution < -0.4 is 10.9 Å². The van der Waals surface area contributed by atoms with Crippen LogP contribution in [0.3, 0.4) is 0 Å². The summed E-state index contributed by atoms with van der Waals surface area (Å²) in [5, 5.41) is 3.23. The summed E-state index contributed by atoms with van der Waals surface area (Å²) in [6, 6.07) is 3.63. The number of carbonyl (C=O) groups is 1. The fraction of sp³-hybridized carbons (Fsp3) is 0.667. The van der Waals surface area contributed by atoms with Crippen LogP contribution in [-0.4, -0.2) is 28.6 Å². The van der Waals surface area contributed by atoms with Gasteiger partial charge >= 0.3 is 6.03 Å². The number of likely N-dealkylation sites (tertiary alicyclic amines) is 1. The molecule has 1 atom stereocenters. The van der Waals surface area contributed by atoms with E-state index in [2.05, 4.69) is 5.32 Å². The summed E-state index contributed by atoms with van der Waals surface area (Å²) in [4.78, 5) is 26.5. The third-order valence-corrected chi connectivity index (χ3v) is 5.96. The number of nitrogens with one attached hydrogen (secondary N) is 1. The molecule has 0 bridgehead atoms. The number of aromatic nitrogens is 1. The Morgan fingerprint density at radius 1 is 1.26 bits per heavy atom. The molecule has 23 heavy (non-hydrogen) atoms. The maximum Gasteiger partial charge on any atom is 0.317 e. The summed E-state index contributed by atoms with van der Waals surface area (Å²) in [5.74, 6) is 0. The molecule has 1 saturated carbocycles. The quantitative estimate of drug-likeness (QED) is 0.865. The van der Waals surface area contributed by atoms with E-state index in [0.29, 0.717) is 5.41 Å². The number of rotatable bonds is 1. The highest BCUT2D eigenvalue weighted by Gasteiger charge is 2.46. The first-order valence-corrected chi connectivity index (χ1v) is 8.82. The molecule has 1 saturated heterocycles. The van der Waals surface area contributed by atoms with E-state index >= 15 is 0 Å². The number of hydrogen-bond acceptors (Lipinski definition) is 2. The third kappa shape index (κ3) is 2.66. The molecular weight excluding hydrogens is 290 g/mol. The Labute approximate surface area is 136 Å². The van der Waals surface area contributed by atoms with Gasteiger partial charge in [-0.2, -0.15) is 0 Å². The lowest BCUT2D eigenvalue weighted by Gasteiger charge is -2.35. The summed E-state index contributed by atoms with van der Waals surface area (Å²) in [6.45, 7) is 1.80. The Morgan fingerprint density at radius 2 is 2.09 bits per heavy atom. The lowest BCUT2D eigenvalue weighted by molar-refractivity contribution is 0.154. The average molecular weight is 315 g/mol. The third-order valence-electron chi connectivity index (χ3n) is 5.96. The van der Waals surface area contributed by atoms with Crippen LogP contribution >= 0.6 is 0 Å². The SMILES string of the molecule is Cn1c2c(ccc1=O)C(NC(=O)N1CCCC3(CC3)C1)CCC2. The van der Waals surface area contributed by atoms with E-state index in [4.69, 9.17) is 0 Å². The molecule has 0 radical (unpaired) electrons. The van der Waals surface area contributed by atoms with Gasteiger partial charge in [-0.1, -0.05) is 0 Å². The highest BCUT2D eigenvalue weighted by atomic mass is 16.2. The molecule has 2 heterocycles. The van der Waals surface area contributed by atoms with Crippen LogP contribution in [0.1, 0.15) is 55.8 Å². The molecule has 124 valence electrons. The molecule has 1 aromatic heterocycles. The second-order valence-electron chi connectivity index (χ2n) is 7.55. The molecule has 1 N–H and O–H groups in total. The van der Waals surface area contributed by atoms with E-state index in [1.54, 1.807) is 10.6 Å². The Morgan fingerprint density at radius 3 is 2.87 bits per heavy atom. The molecule has 1 aromatic rings. The van der Waals surface area contributed by atoms with Gasteiger partial charge in [0.15, 0.2) is 0 Å². The molecule has 2 fully saturated rings. The first-order chi connectivity index (χ1) is 11.1. The monoisotopic (exact) mass is 315 g/mol. The molecule has 1 spiro atoms. The molecule has 5 heteroatoms. The Kier molecular flexibility index (Phi) is 3.47. The van der Waals surface area contributed by atoms with Gasteiger partial charge in [-0.25, -0.2) is 4.79 Å². The van der Waals surface area contributed by atoms with Gasteiger partial charge in [-0.3, -0.25) is 4.79 Å². The van der Waals surface area contributed by atoms with Crippen molar-refractivity contribution in [3.05, 3.63) is 33.7 Å². The minimum atomic E-state index is 0.0300. The number of piperidine rings is 1. The number of pyridine rings is 1. The predicted molar refractivity (Wildman–Crippen MR) is 88.4 cm³/mol. The van der Waals surface area contributed by atoms with Crippen molar-refractivity contribution in [1.82, 2.24) is 14.8 Å². The first-order valence-electron chi connectivity index (χ1n) is 8.82. The standard InChI is InChI=1S/C18H25N3O2/c1-20-15-5-2-4-14(13(15)6-7-16(20)22)19-17(23)21-11-3-8-18(12-21)9-10-18/h6-7,14H,2-5,8-12H2,1H3,(H,19,23). The Hall–Kier alpha value is -1.78. The topological polar surface area (TPSA) is 54.3 Å². The van der Waals surface area contributed by atoms with Gasteiger partial charge in [-0.05, 0) is 62.0 Å². The maximum atomic E-state index is 12.7. The highest BCUT2D eigenvalue weighted by Crippen LogP contribution is 2.52. The van der Waals surface area contributed by atoms with E-state index in [-0.39, 0.29) is 17.6 Å². The summed E-state index contributed by atoms with van der Waals surface area (Å²) < 4.78 is 1.73. The van der Waals surface area contributed by atoms with Gasteiger partial charge in [0.2, 0.25) is 5.56 Å². The number of fused-ring (bicyclic) bond motifs is 1. The summed E-state index contributed by atoms with van der Waals surface area (Å²) in [5.41, 5.74) is 2.67. The van der Waals surface area contributed by atoms with Gasteiger partial charge in [0.25, 0.3) is 0 Å². The molecule has 2 aliphatic carbocycles.